The average molecular weight is 473 g/mol. The molecule has 0 N–H and O–H groups in total. The molecule has 0 atom stereocenters. The van der Waals surface area contributed by atoms with Gasteiger partial charge in [-0.3, -0.25) is 9.69 Å². The Bertz CT molecular complexity index is 1250. The maximum absolute atomic E-state index is 13.7. The van der Waals surface area contributed by atoms with E-state index < -0.39 is 11.7 Å². The Balaban J connectivity index is 1.94. The summed E-state index contributed by atoms with van der Waals surface area (Å²) >= 11 is 7.55. The molecule has 0 spiro atoms. The number of halogens is 2. The first-order chi connectivity index (χ1) is 15.5. The minimum absolute atomic E-state index is 0.00597. The molecular formula is C23H18ClFN2O4S. The van der Waals surface area contributed by atoms with Crippen LogP contribution >= 0.6 is 22.9 Å². The number of hydrogen-bond acceptors (Lipinski definition) is 6. The van der Waals surface area contributed by atoms with Crippen LogP contribution in [-0.4, -0.2) is 32.2 Å². The van der Waals surface area contributed by atoms with Crippen LogP contribution in [-0.2, 0) is 0 Å². The van der Waals surface area contributed by atoms with Gasteiger partial charge in [-0.05, 0) is 30.3 Å². The van der Waals surface area contributed by atoms with Crippen molar-refractivity contribution in [2.24, 2.45) is 0 Å². The van der Waals surface area contributed by atoms with E-state index in [2.05, 4.69) is 4.98 Å². The number of para-hydroxylation sites is 1. The normalized spacial score (nSPS) is 10.8. The Morgan fingerprint density at radius 2 is 1.69 bits per heavy atom. The predicted molar refractivity (Wildman–Crippen MR) is 124 cm³/mol. The van der Waals surface area contributed by atoms with E-state index in [1.165, 1.54) is 49.7 Å². The Kier molecular flexibility index (Phi) is 6.16. The van der Waals surface area contributed by atoms with Crippen molar-refractivity contribution in [2.75, 3.05) is 26.2 Å². The molecule has 0 aliphatic rings. The highest BCUT2D eigenvalue weighted by Crippen LogP contribution is 2.44. The number of thiazole rings is 1. The van der Waals surface area contributed by atoms with Crippen LogP contribution in [0.2, 0.25) is 5.02 Å². The van der Waals surface area contributed by atoms with Gasteiger partial charge in [0, 0.05) is 12.1 Å². The zero-order valence-electron chi connectivity index (χ0n) is 17.4. The fourth-order valence-corrected chi connectivity index (χ4v) is 4.48. The number of carbonyl (C=O) groups is 1. The lowest BCUT2D eigenvalue weighted by Gasteiger charge is -2.23. The molecule has 0 unspecified atom stereocenters. The monoisotopic (exact) mass is 472 g/mol. The largest absolute Gasteiger partial charge is 0.493 e. The molecule has 9 heteroatoms. The van der Waals surface area contributed by atoms with E-state index in [0.717, 1.165) is 16.3 Å². The van der Waals surface area contributed by atoms with Crippen molar-refractivity contribution in [3.05, 3.63) is 71.0 Å². The Morgan fingerprint density at radius 1 is 1.00 bits per heavy atom. The van der Waals surface area contributed by atoms with E-state index >= 15 is 0 Å². The van der Waals surface area contributed by atoms with Crippen molar-refractivity contribution in [3.8, 4) is 17.2 Å². The number of methoxy groups -OCH3 is 3. The minimum Gasteiger partial charge on any atom is -0.493 e. The number of nitrogens with zero attached hydrogens (tertiary/aromatic N) is 2. The van der Waals surface area contributed by atoms with Gasteiger partial charge in [-0.15, -0.1) is 0 Å². The highest BCUT2D eigenvalue weighted by Gasteiger charge is 2.27. The Labute approximate surface area is 192 Å². The van der Waals surface area contributed by atoms with Crippen molar-refractivity contribution in [1.82, 2.24) is 4.98 Å². The van der Waals surface area contributed by atoms with Crippen molar-refractivity contribution in [1.29, 1.82) is 0 Å². The average Bonchev–Trinajstić information content (AvgIpc) is 3.21. The molecule has 6 nitrogen and oxygen atoms in total. The number of hydrogen-bond donors (Lipinski definition) is 0. The molecule has 0 aliphatic heterocycles. The van der Waals surface area contributed by atoms with Gasteiger partial charge in [0.15, 0.2) is 16.6 Å². The maximum Gasteiger partial charge on any atom is 0.266 e. The summed E-state index contributed by atoms with van der Waals surface area (Å²) < 4.78 is 30.8. The molecule has 32 heavy (non-hydrogen) atoms. The molecule has 0 saturated heterocycles. The minimum atomic E-state index is -0.536. The zero-order valence-corrected chi connectivity index (χ0v) is 19.0. The van der Waals surface area contributed by atoms with E-state index in [4.69, 9.17) is 25.8 Å². The van der Waals surface area contributed by atoms with Crippen LogP contribution in [0.3, 0.4) is 0 Å². The van der Waals surface area contributed by atoms with Crippen LogP contribution in [0.1, 0.15) is 10.4 Å². The maximum atomic E-state index is 13.7. The molecule has 1 heterocycles. The molecule has 3 aromatic carbocycles. The summed E-state index contributed by atoms with van der Waals surface area (Å²) in [6.07, 6.45) is 0. The molecule has 164 valence electrons. The lowest BCUT2D eigenvalue weighted by Crippen LogP contribution is -2.26. The van der Waals surface area contributed by atoms with Gasteiger partial charge in [0.25, 0.3) is 5.91 Å². The van der Waals surface area contributed by atoms with Gasteiger partial charge in [0.2, 0.25) is 5.75 Å². The molecule has 1 aromatic heterocycles. The standard InChI is InChI=1S/C23H18ClFN2O4S/c1-29-18-11-14(12-19(30-2)21(18)31-3)27(22(28)15-9-8-13(25)10-16(15)24)23-26-17-6-4-5-7-20(17)32-23/h4-12H,1-3H3. The highest BCUT2D eigenvalue weighted by atomic mass is 35.5. The van der Waals surface area contributed by atoms with Gasteiger partial charge in [-0.1, -0.05) is 35.1 Å². The van der Waals surface area contributed by atoms with Crippen LogP contribution < -0.4 is 19.1 Å². The second kappa shape index (κ2) is 9.02. The molecule has 0 saturated carbocycles. The predicted octanol–water partition coefficient (Wildman–Crippen LogP) is 6.09. The summed E-state index contributed by atoms with van der Waals surface area (Å²) in [5.41, 5.74) is 1.29. The molecule has 1 amide bonds. The number of ether oxygens (including phenoxy) is 3. The third-order valence-corrected chi connectivity index (χ3v) is 6.08. The summed E-state index contributed by atoms with van der Waals surface area (Å²) in [4.78, 5) is 19.7. The number of aromatic nitrogens is 1. The quantitative estimate of drug-likeness (QED) is 0.339. The molecule has 0 fully saturated rings. The topological polar surface area (TPSA) is 60.9 Å². The third-order valence-electron chi connectivity index (χ3n) is 4.75. The van der Waals surface area contributed by atoms with Gasteiger partial charge < -0.3 is 14.2 Å². The van der Waals surface area contributed by atoms with Gasteiger partial charge in [0.1, 0.15) is 5.82 Å². The molecule has 0 bridgehead atoms. The van der Waals surface area contributed by atoms with E-state index in [1.54, 1.807) is 12.1 Å². The highest BCUT2D eigenvalue weighted by molar-refractivity contribution is 7.22. The lowest BCUT2D eigenvalue weighted by atomic mass is 10.1. The van der Waals surface area contributed by atoms with E-state index in [9.17, 15) is 9.18 Å². The molecular weight excluding hydrogens is 455 g/mol. The molecule has 0 radical (unpaired) electrons. The summed E-state index contributed by atoms with van der Waals surface area (Å²) in [6.45, 7) is 0. The number of rotatable bonds is 6. The van der Waals surface area contributed by atoms with Crippen molar-refractivity contribution >= 4 is 49.9 Å². The number of benzene rings is 3. The Hall–Kier alpha value is -3.36. The summed E-state index contributed by atoms with van der Waals surface area (Å²) in [7, 11) is 4.47. The summed E-state index contributed by atoms with van der Waals surface area (Å²) in [6, 6.07) is 14.5. The fourth-order valence-electron chi connectivity index (χ4n) is 3.25. The Morgan fingerprint density at radius 3 is 2.28 bits per heavy atom. The van der Waals surface area contributed by atoms with Crippen LogP contribution in [0.4, 0.5) is 15.2 Å². The summed E-state index contributed by atoms with van der Waals surface area (Å²) in [5.74, 6) is 0.0985. The van der Waals surface area contributed by atoms with Gasteiger partial charge in [-0.25, -0.2) is 9.37 Å². The van der Waals surface area contributed by atoms with Crippen LogP contribution in [0.25, 0.3) is 10.2 Å². The third kappa shape index (κ3) is 3.94. The van der Waals surface area contributed by atoms with E-state index in [1.807, 2.05) is 24.3 Å². The van der Waals surface area contributed by atoms with E-state index in [-0.39, 0.29) is 10.6 Å². The first kappa shape index (κ1) is 21.9. The number of fused-ring (bicyclic) bond motifs is 1. The fraction of sp³-hybridized carbons (Fsp3) is 0.130. The van der Waals surface area contributed by atoms with Crippen LogP contribution in [0, 0.1) is 5.82 Å². The molecule has 0 aliphatic carbocycles. The second-order valence-electron chi connectivity index (χ2n) is 6.61. The van der Waals surface area contributed by atoms with E-state index in [0.29, 0.717) is 28.1 Å². The SMILES string of the molecule is COc1cc(N(C(=O)c2ccc(F)cc2Cl)c2nc3ccccc3s2)cc(OC)c1OC. The first-order valence-electron chi connectivity index (χ1n) is 9.42. The smallest absolute Gasteiger partial charge is 0.266 e. The van der Waals surface area contributed by atoms with Gasteiger partial charge >= 0.3 is 0 Å². The van der Waals surface area contributed by atoms with Crippen LogP contribution in [0.15, 0.2) is 54.6 Å². The second-order valence-corrected chi connectivity index (χ2v) is 8.03. The van der Waals surface area contributed by atoms with Crippen molar-refractivity contribution < 1.29 is 23.4 Å². The lowest BCUT2D eigenvalue weighted by molar-refractivity contribution is 0.0999. The number of anilines is 2. The zero-order chi connectivity index (χ0) is 22.8. The van der Waals surface area contributed by atoms with Gasteiger partial charge in [-0.2, -0.15) is 0 Å². The van der Waals surface area contributed by atoms with Gasteiger partial charge in [0.05, 0.1) is 47.8 Å². The van der Waals surface area contributed by atoms with Crippen molar-refractivity contribution in [2.45, 2.75) is 0 Å². The summed E-state index contributed by atoms with van der Waals surface area (Å²) in [5, 5.41) is 0.402. The number of carbonyl (C=O) groups excluding carboxylic acids is 1. The molecule has 4 aromatic rings. The molecule has 4 rings (SSSR count). The van der Waals surface area contributed by atoms with Crippen LogP contribution in [0.5, 0.6) is 17.2 Å². The number of amides is 1. The first-order valence-corrected chi connectivity index (χ1v) is 10.6. The van der Waals surface area contributed by atoms with Crippen molar-refractivity contribution in [3.63, 3.8) is 0 Å².